The first-order valence-corrected chi connectivity index (χ1v) is 11.5. The zero-order valence-electron chi connectivity index (χ0n) is 17.0. The smallest absolute Gasteiger partial charge is 0.266 e. The number of fused-ring (bicyclic) bond motifs is 1. The number of carbonyl (C=O) groups is 2. The summed E-state index contributed by atoms with van der Waals surface area (Å²) in [7, 11) is 0. The molecule has 4 rings (SSSR count). The fourth-order valence-electron chi connectivity index (χ4n) is 3.82. The molecule has 0 bridgehead atoms. The molecule has 0 aliphatic carbocycles. The summed E-state index contributed by atoms with van der Waals surface area (Å²) in [6.45, 7) is 3.26. The molecule has 0 atom stereocenters. The molecule has 0 unspecified atom stereocenters. The monoisotopic (exact) mass is 436 g/mol. The van der Waals surface area contributed by atoms with E-state index in [0.717, 1.165) is 30.6 Å². The number of hydrogen-bond acceptors (Lipinski definition) is 4. The molecule has 1 fully saturated rings. The number of thiocarbonyl (C=S) groups is 1. The number of carbonyl (C=O) groups excluding carboxylic acids is 2. The number of aryl methyl sites for hydroxylation is 2. The maximum absolute atomic E-state index is 12.8. The molecule has 2 aliphatic rings. The second kappa shape index (κ2) is 9.14. The molecule has 4 nitrogen and oxygen atoms in total. The van der Waals surface area contributed by atoms with Crippen LogP contribution in [0.3, 0.4) is 0 Å². The van der Waals surface area contributed by atoms with Crippen molar-refractivity contribution in [3.63, 3.8) is 0 Å². The van der Waals surface area contributed by atoms with Crippen LogP contribution < -0.4 is 4.90 Å². The fraction of sp³-hybridized carbons (Fsp3) is 0.292. The van der Waals surface area contributed by atoms with Crippen molar-refractivity contribution in [2.45, 2.75) is 32.6 Å². The highest BCUT2D eigenvalue weighted by atomic mass is 32.2. The molecule has 2 amide bonds. The van der Waals surface area contributed by atoms with Crippen LogP contribution in [0.25, 0.3) is 6.08 Å². The van der Waals surface area contributed by atoms with Gasteiger partial charge in [0, 0.05) is 25.2 Å². The van der Waals surface area contributed by atoms with Crippen LogP contribution in [0.15, 0.2) is 53.4 Å². The highest BCUT2D eigenvalue weighted by molar-refractivity contribution is 8.26. The number of para-hydroxylation sites is 1. The zero-order valence-corrected chi connectivity index (χ0v) is 18.6. The Morgan fingerprint density at radius 3 is 2.73 bits per heavy atom. The molecule has 0 saturated carbocycles. The molecule has 154 valence electrons. The summed E-state index contributed by atoms with van der Waals surface area (Å²) in [5.74, 6) is 0.0455. The van der Waals surface area contributed by atoms with Gasteiger partial charge in [0.2, 0.25) is 5.91 Å². The van der Waals surface area contributed by atoms with Gasteiger partial charge >= 0.3 is 0 Å². The summed E-state index contributed by atoms with van der Waals surface area (Å²) in [6.07, 6.45) is 4.89. The van der Waals surface area contributed by atoms with Crippen LogP contribution in [0.2, 0.25) is 0 Å². The highest BCUT2D eigenvalue weighted by Gasteiger charge is 2.32. The van der Waals surface area contributed by atoms with Crippen LogP contribution in [-0.4, -0.2) is 34.1 Å². The molecule has 2 heterocycles. The molecule has 0 aromatic heterocycles. The molecule has 2 aromatic rings. The topological polar surface area (TPSA) is 40.6 Å². The van der Waals surface area contributed by atoms with Crippen LogP contribution >= 0.6 is 24.0 Å². The number of nitrogens with zero attached hydrogens (tertiary/aromatic N) is 2. The van der Waals surface area contributed by atoms with E-state index in [1.807, 2.05) is 60.4 Å². The van der Waals surface area contributed by atoms with Gasteiger partial charge in [-0.05, 0) is 49.5 Å². The van der Waals surface area contributed by atoms with Crippen LogP contribution in [0.4, 0.5) is 5.69 Å². The van der Waals surface area contributed by atoms with Crippen molar-refractivity contribution in [1.82, 2.24) is 4.90 Å². The van der Waals surface area contributed by atoms with Crippen LogP contribution in [0.1, 0.15) is 36.0 Å². The van der Waals surface area contributed by atoms with E-state index in [9.17, 15) is 9.59 Å². The predicted molar refractivity (Wildman–Crippen MR) is 127 cm³/mol. The molecule has 1 saturated heterocycles. The van der Waals surface area contributed by atoms with Crippen molar-refractivity contribution in [2.24, 2.45) is 0 Å². The Labute approximate surface area is 186 Å². The van der Waals surface area contributed by atoms with E-state index in [4.69, 9.17) is 12.2 Å². The van der Waals surface area contributed by atoms with Gasteiger partial charge < -0.3 is 4.90 Å². The Morgan fingerprint density at radius 2 is 1.93 bits per heavy atom. The SMILES string of the molecule is Cc1ccc(C=C2SC(=S)N(CCCC(=O)N3CCCc4ccccc43)C2=O)cc1. The van der Waals surface area contributed by atoms with Crippen molar-refractivity contribution >= 4 is 51.9 Å². The molecule has 0 spiro atoms. The minimum absolute atomic E-state index is 0.0682. The zero-order chi connectivity index (χ0) is 21.1. The Balaban J connectivity index is 1.35. The molecule has 6 heteroatoms. The van der Waals surface area contributed by atoms with Gasteiger partial charge in [0.15, 0.2) is 0 Å². The number of thioether (sulfide) groups is 1. The third kappa shape index (κ3) is 4.50. The van der Waals surface area contributed by atoms with Gasteiger partial charge in [0.05, 0.1) is 4.91 Å². The number of hydrogen-bond donors (Lipinski definition) is 0. The minimum Gasteiger partial charge on any atom is -0.312 e. The summed E-state index contributed by atoms with van der Waals surface area (Å²) in [4.78, 5) is 29.7. The van der Waals surface area contributed by atoms with E-state index < -0.39 is 0 Å². The molecular weight excluding hydrogens is 412 g/mol. The average molecular weight is 437 g/mol. The maximum atomic E-state index is 12.8. The summed E-state index contributed by atoms with van der Waals surface area (Å²) in [5.41, 5.74) is 4.43. The third-order valence-electron chi connectivity index (χ3n) is 5.43. The van der Waals surface area contributed by atoms with Crippen LogP contribution in [-0.2, 0) is 16.0 Å². The summed E-state index contributed by atoms with van der Waals surface area (Å²) in [5, 5.41) is 0. The first-order valence-electron chi connectivity index (χ1n) is 10.2. The Kier molecular flexibility index (Phi) is 6.35. The van der Waals surface area contributed by atoms with Gasteiger partial charge in [-0.25, -0.2) is 0 Å². The second-order valence-electron chi connectivity index (χ2n) is 7.63. The summed E-state index contributed by atoms with van der Waals surface area (Å²) in [6, 6.07) is 16.2. The Bertz CT molecular complexity index is 1010. The Hall–Kier alpha value is -2.44. The number of rotatable bonds is 5. The molecule has 2 aromatic carbocycles. The van der Waals surface area contributed by atoms with Gasteiger partial charge in [-0.3, -0.25) is 14.5 Å². The third-order valence-corrected chi connectivity index (χ3v) is 6.81. The maximum Gasteiger partial charge on any atom is 0.266 e. The lowest BCUT2D eigenvalue weighted by atomic mass is 10.0. The first-order chi connectivity index (χ1) is 14.5. The fourth-order valence-corrected chi connectivity index (χ4v) is 5.13. The van der Waals surface area contributed by atoms with E-state index in [2.05, 4.69) is 6.07 Å². The summed E-state index contributed by atoms with van der Waals surface area (Å²) < 4.78 is 0.564. The largest absolute Gasteiger partial charge is 0.312 e. The van der Waals surface area contributed by atoms with Crippen LogP contribution in [0, 0.1) is 6.92 Å². The van der Waals surface area contributed by atoms with Gasteiger partial charge in [0.25, 0.3) is 5.91 Å². The van der Waals surface area contributed by atoms with Crippen LogP contribution in [0.5, 0.6) is 0 Å². The predicted octanol–water partition coefficient (Wildman–Crippen LogP) is 4.96. The lowest BCUT2D eigenvalue weighted by Crippen LogP contribution is -2.36. The molecule has 0 radical (unpaired) electrons. The summed E-state index contributed by atoms with van der Waals surface area (Å²) >= 11 is 6.75. The number of benzene rings is 2. The van der Waals surface area contributed by atoms with Crippen molar-refractivity contribution < 1.29 is 9.59 Å². The van der Waals surface area contributed by atoms with E-state index in [1.54, 1.807) is 4.90 Å². The molecular formula is C24H24N2O2S2. The molecule has 2 aliphatic heterocycles. The van der Waals surface area contributed by atoms with E-state index in [-0.39, 0.29) is 11.8 Å². The molecule has 30 heavy (non-hydrogen) atoms. The van der Waals surface area contributed by atoms with Gasteiger partial charge in [-0.15, -0.1) is 0 Å². The van der Waals surface area contributed by atoms with Crippen molar-refractivity contribution in [3.05, 3.63) is 70.1 Å². The second-order valence-corrected chi connectivity index (χ2v) is 9.30. The Morgan fingerprint density at radius 1 is 1.17 bits per heavy atom. The quantitative estimate of drug-likeness (QED) is 0.491. The van der Waals surface area contributed by atoms with Crippen molar-refractivity contribution in [2.75, 3.05) is 18.0 Å². The lowest BCUT2D eigenvalue weighted by Gasteiger charge is -2.29. The van der Waals surface area contributed by atoms with E-state index in [1.165, 1.54) is 22.9 Å². The minimum atomic E-state index is -0.0682. The molecule has 0 N–H and O–H groups in total. The van der Waals surface area contributed by atoms with E-state index in [0.29, 0.717) is 28.6 Å². The normalized spacial score (nSPS) is 17.6. The standard InChI is InChI=1S/C24H24N2O2S2/c1-17-10-12-18(13-11-17)16-21-23(28)26(24(29)30-21)15-5-9-22(27)25-14-4-7-19-6-2-3-8-20(19)25/h2-3,6,8,10-13,16H,4-5,7,9,14-15H2,1H3. The van der Waals surface area contributed by atoms with Gasteiger partial charge in [0.1, 0.15) is 4.32 Å². The highest BCUT2D eigenvalue weighted by Crippen LogP contribution is 2.33. The average Bonchev–Trinajstić information content (AvgIpc) is 3.02. The van der Waals surface area contributed by atoms with Crippen molar-refractivity contribution in [1.29, 1.82) is 0 Å². The first kappa shape index (κ1) is 20.8. The van der Waals surface area contributed by atoms with E-state index >= 15 is 0 Å². The van der Waals surface area contributed by atoms with Gasteiger partial charge in [-0.2, -0.15) is 0 Å². The van der Waals surface area contributed by atoms with Gasteiger partial charge in [-0.1, -0.05) is 72.0 Å². The number of anilines is 1. The number of amides is 2. The lowest BCUT2D eigenvalue weighted by molar-refractivity contribution is -0.123. The van der Waals surface area contributed by atoms with Crippen molar-refractivity contribution in [3.8, 4) is 0 Å².